The molecular weight excluding hydrogens is 310 g/mol. The number of ether oxygens (including phenoxy) is 1. The first-order valence-electron chi connectivity index (χ1n) is 7.99. The molecule has 0 aromatic heterocycles. The predicted molar refractivity (Wildman–Crippen MR) is 93.5 cm³/mol. The van der Waals surface area contributed by atoms with E-state index in [0.717, 1.165) is 41.8 Å². The van der Waals surface area contributed by atoms with Crippen LogP contribution in [0.1, 0.15) is 35.2 Å². The molecule has 0 saturated carbocycles. The zero-order chi connectivity index (χ0) is 16.1. The molecule has 1 heterocycles. The fourth-order valence-corrected chi connectivity index (χ4v) is 3.00. The van der Waals surface area contributed by atoms with Crippen LogP contribution in [0.2, 0.25) is 0 Å². The van der Waals surface area contributed by atoms with Gasteiger partial charge in [-0.2, -0.15) is 0 Å². The van der Waals surface area contributed by atoms with Gasteiger partial charge in [-0.3, -0.25) is 4.79 Å². The van der Waals surface area contributed by atoms with Gasteiger partial charge in [0.2, 0.25) is 0 Å². The average Bonchev–Trinajstić information content (AvgIpc) is 2.92. The van der Waals surface area contributed by atoms with E-state index in [4.69, 9.17) is 16.3 Å². The summed E-state index contributed by atoms with van der Waals surface area (Å²) in [7, 11) is 0. The van der Waals surface area contributed by atoms with Gasteiger partial charge in [-0.05, 0) is 43.0 Å². The number of hydrogen-bond acceptors (Lipinski definition) is 2. The number of unbranched alkanes of at least 4 members (excludes halogenated alkanes) is 2. The van der Waals surface area contributed by atoms with Crippen molar-refractivity contribution in [2.75, 3.05) is 17.4 Å². The molecule has 0 spiro atoms. The number of carbonyl (C=O) groups excluding carboxylic acids is 1. The molecule has 2 aromatic carbocycles. The van der Waals surface area contributed by atoms with E-state index < -0.39 is 0 Å². The third-order valence-electron chi connectivity index (χ3n) is 4.01. The summed E-state index contributed by atoms with van der Waals surface area (Å²) in [5.41, 5.74) is 2.69. The van der Waals surface area contributed by atoms with Crippen molar-refractivity contribution < 1.29 is 9.53 Å². The van der Waals surface area contributed by atoms with Crippen LogP contribution in [-0.4, -0.2) is 18.4 Å². The van der Waals surface area contributed by atoms with Crippen LogP contribution in [0, 0.1) is 0 Å². The van der Waals surface area contributed by atoms with Crippen LogP contribution in [0.15, 0.2) is 48.5 Å². The van der Waals surface area contributed by atoms with Crippen LogP contribution in [0.3, 0.4) is 0 Å². The van der Waals surface area contributed by atoms with E-state index in [1.165, 1.54) is 0 Å². The minimum Gasteiger partial charge on any atom is -0.491 e. The van der Waals surface area contributed by atoms with Gasteiger partial charge in [-0.15, -0.1) is 11.6 Å². The molecule has 0 fully saturated rings. The SMILES string of the molecule is O=C1c2ccccc2CN1c1ccccc1OCCCCCCl. The fraction of sp³-hybridized carbons (Fsp3) is 0.316. The Morgan fingerprint density at radius 2 is 1.78 bits per heavy atom. The molecule has 1 aliphatic rings. The molecule has 0 atom stereocenters. The lowest BCUT2D eigenvalue weighted by molar-refractivity contribution is 0.0995. The lowest BCUT2D eigenvalue weighted by Gasteiger charge is -2.19. The molecule has 0 N–H and O–H groups in total. The standard InChI is InChI=1S/C19H20ClNO2/c20-12-6-1-7-13-23-18-11-5-4-10-17(18)21-14-15-8-2-3-9-16(15)19(21)22/h2-5,8-11H,1,6-7,12-14H2. The third kappa shape index (κ3) is 3.50. The second-order valence-corrected chi connectivity index (χ2v) is 5.99. The van der Waals surface area contributed by atoms with Crippen LogP contribution >= 0.6 is 11.6 Å². The maximum atomic E-state index is 12.6. The van der Waals surface area contributed by atoms with E-state index in [2.05, 4.69) is 0 Å². The highest BCUT2D eigenvalue weighted by Gasteiger charge is 2.29. The molecule has 2 aromatic rings. The molecular formula is C19H20ClNO2. The fourth-order valence-electron chi connectivity index (χ4n) is 2.81. The highest BCUT2D eigenvalue weighted by atomic mass is 35.5. The number of alkyl halides is 1. The summed E-state index contributed by atoms with van der Waals surface area (Å²) in [6.45, 7) is 1.24. The summed E-state index contributed by atoms with van der Waals surface area (Å²) in [5, 5.41) is 0. The number of amides is 1. The first kappa shape index (κ1) is 15.9. The average molecular weight is 330 g/mol. The van der Waals surface area contributed by atoms with E-state index in [1.54, 1.807) is 4.90 Å². The summed E-state index contributed by atoms with van der Waals surface area (Å²) in [6.07, 6.45) is 3.03. The first-order valence-corrected chi connectivity index (χ1v) is 8.52. The van der Waals surface area contributed by atoms with Crippen LogP contribution in [-0.2, 0) is 6.54 Å². The Labute approximate surface area is 141 Å². The van der Waals surface area contributed by atoms with Crippen molar-refractivity contribution in [3.8, 4) is 5.75 Å². The normalized spacial score (nSPS) is 13.3. The van der Waals surface area contributed by atoms with Gasteiger partial charge < -0.3 is 9.64 Å². The smallest absolute Gasteiger partial charge is 0.259 e. The number of anilines is 1. The second kappa shape index (κ2) is 7.51. The molecule has 120 valence electrons. The number of halogens is 1. The van der Waals surface area contributed by atoms with Gasteiger partial charge in [-0.1, -0.05) is 30.3 Å². The van der Waals surface area contributed by atoms with Gasteiger partial charge in [0.1, 0.15) is 5.75 Å². The number of carbonyl (C=O) groups is 1. The van der Waals surface area contributed by atoms with E-state index in [9.17, 15) is 4.79 Å². The quantitative estimate of drug-likeness (QED) is 0.547. The van der Waals surface area contributed by atoms with Crippen LogP contribution < -0.4 is 9.64 Å². The lowest BCUT2D eigenvalue weighted by Crippen LogP contribution is -2.23. The summed E-state index contributed by atoms with van der Waals surface area (Å²) < 4.78 is 5.91. The van der Waals surface area contributed by atoms with Crippen LogP contribution in [0.5, 0.6) is 5.75 Å². The Balaban J connectivity index is 1.73. The molecule has 0 unspecified atom stereocenters. The number of rotatable bonds is 7. The van der Waals surface area contributed by atoms with Crippen molar-refractivity contribution in [2.45, 2.75) is 25.8 Å². The molecule has 1 aliphatic heterocycles. The number of hydrogen-bond donors (Lipinski definition) is 0. The van der Waals surface area contributed by atoms with Gasteiger partial charge in [0, 0.05) is 11.4 Å². The minimum atomic E-state index is 0.0405. The molecule has 1 amide bonds. The van der Waals surface area contributed by atoms with Crippen LogP contribution in [0.4, 0.5) is 5.69 Å². The molecule has 0 bridgehead atoms. The Bertz CT molecular complexity index is 687. The maximum Gasteiger partial charge on any atom is 0.259 e. The topological polar surface area (TPSA) is 29.5 Å². The van der Waals surface area contributed by atoms with Crippen molar-refractivity contribution >= 4 is 23.2 Å². The van der Waals surface area contributed by atoms with E-state index in [0.29, 0.717) is 19.0 Å². The van der Waals surface area contributed by atoms with E-state index >= 15 is 0 Å². The Hall–Kier alpha value is -2.00. The highest BCUT2D eigenvalue weighted by Crippen LogP contribution is 2.34. The summed E-state index contributed by atoms with van der Waals surface area (Å²) in [6, 6.07) is 15.5. The Morgan fingerprint density at radius 1 is 1.00 bits per heavy atom. The molecule has 3 rings (SSSR count). The summed E-state index contributed by atoms with van der Waals surface area (Å²) in [4.78, 5) is 14.4. The molecule has 4 heteroatoms. The van der Waals surface area contributed by atoms with Crippen molar-refractivity contribution in [1.29, 1.82) is 0 Å². The molecule has 0 saturated heterocycles. The highest BCUT2D eigenvalue weighted by molar-refractivity contribution is 6.17. The summed E-state index contributed by atoms with van der Waals surface area (Å²) >= 11 is 5.68. The number of para-hydroxylation sites is 2. The van der Waals surface area contributed by atoms with Crippen molar-refractivity contribution in [3.05, 3.63) is 59.7 Å². The van der Waals surface area contributed by atoms with Crippen LogP contribution in [0.25, 0.3) is 0 Å². The molecule has 0 aliphatic carbocycles. The maximum absolute atomic E-state index is 12.6. The van der Waals surface area contributed by atoms with Gasteiger partial charge in [0.25, 0.3) is 5.91 Å². The largest absolute Gasteiger partial charge is 0.491 e. The lowest BCUT2D eigenvalue weighted by atomic mass is 10.1. The van der Waals surface area contributed by atoms with Gasteiger partial charge >= 0.3 is 0 Å². The Morgan fingerprint density at radius 3 is 2.61 bits per heavy atom. The van der Waals surface area contributed by atoms with Gasteiger partial charge in [0.15, 0.2) is 0 Å². The van der Waals surface area contributed by atoms with Crippen molar-refractivity contribution in [1.82, 2.24) is 0 Å². The molecule has 3 nitrogen and oxygen atoms in total. The minimum absolute atomic E-state index is 0.0405. The van der Waals surface area contributed by atoms with Gasteiger partial charge in [-0.25, -0.2) is 0 Å². The number of fused-ring (bicyclic) bond motifs is 1. The zero-order valence-corrected chi connectivity index (χ0v) is 13.8. The first-order chi connectivity index (χ1) is 11.3. The van der Waals surface area contributed by atoms with Gasteiger partial charge in [0.05, 0.1) is 18.8 Å². The van der Waals surface area contributed by atoms with E-state index in [1.807, 2.05) is 48.5 Å². The Kier molecular flexibility index (Phi) is 5.19. The third-order valence-corrected chi connectivity index (χ3v) is 4.28. The zero-order valence-electron chi connectivity index (χ0n) is 13.0. The summed E-state index contributed by atoms with van der Waals surface area (Å²) in [5.74, 6) is 1.50. The second-order valence-electron chi connectivity index (χ2n) is 5.61. The van der Waals surface area contributed by atoms with Crippen molar-refractivity contribution in [2.24, 2.45) is 0 Å². The monoisotopic (exact) mass is 329 g/mol. The molecule has 0 radical (unpaired) electrons. The number of benzene rings is 2. The molecule has 23 heavy (non-hydrogen) atoms. The van der Waals surface area contributed by atoms with Crippen molar-refractivity contribution in [3.63, 3.8) is 0 Å². The predicted octanol–water partition coefficient (Wildman–Crippen LogP) is 4.63. The number of nitrogens with zero attached hydrogens (tertiary/aromatic N) is 1. The van der Waals surface area contributed by atoms with E-state index in [-0.39, 0.29) is 5.91 Å².